The molecule has 0 aromatic carbocycles. The van der Waals surface area contributed by atoms with Crippen LogP contribution in [0.1, 0.15) is 0 Å². The van der Waals surface area contributed by atoms with E-state index in [4.69, 9.17) is 19.3 Å². The molecule has 6 nitrogen and oxygen atoms in total. The molecular weight excluding hydrogens is 202 g/mol. The van der Waals surface area contributed by atoms with Crippen LogP contribution in [-0.2, 0) is 14.2 Å². The number of aliphatic hydroxyl groups excluding tert-OH is 1. The maximum Gasteiger partial charge on any atom is 0.0744 e. The Morgan fingerprint density at radius 2 is 1.60 bits per heavy atom. The summed E-state index contributed by atoms with van der Waals surface area (Å²) in [6, 6.07) is 0. The zero-order valence-electron chi connectivity index (χ0n) is 8.98. The molecule has 0 aliphatic rings. The second-order valence-electron chi connectivity index (χ2n) is 2.62. The second kappa shape index (κ2) is 11.4. The monoisotopic (exact) mass is 220 g/mol. The molecular formula is C9H18NO5-. The number of hydrogen-bond acceptors (Lipinski definition) is 6. The van der Waals surface area contributed by atoms with Crippen molar-refractivity contribution in [2.24, 2.45) is 4.99 Å². The molecule has 1 N–H and O–H groups in total. The van der Waals surface area contributed by atoms with E-state index in [1.165, 1.54) is 7.05 Å². The molecule has 0 saturated carbocycles. The van der Waals surface area contributed by atoms with Crippen LogP contribution in [0, 0.1) is 0 Å². The first-order chi connectivity index (χ1) is 7.31. The first-order valence-electron chi connectivity index (χ1n) is 4.78. The summed E-state index contributed by atoms with van der Waals surface area (Å²) in [5, 5.41) is 19.0. The van der Waals surface area contributed by atoms with E-state index >= 15 is 0 Å². The van der Waals surface area contributed by atoms with Crippen LogP contribution in [0.25, 0.3) is 0 Å². The highest BCUT2D eigenvalue weighted by molar-refractivity contribution is 5.72. The van der Waals surface area contributed by atoms with E-state index in [-0.39, 0.29) is 19.1 Å². The van der Waals surface area contributed by atoms with Crippen LogP contribution in [-0.4, -0.2) is 64.3 Å². The van der Waals surface area contributed by atoms with Crippen LogP contribution >= 0.6 is 0 Å². The van der Waals surface area contributed by atoms with E-state index < -0.39 is 0 Å². The normalized spacial score (nSPS) is 12.0. The van der Waals surface area contributed by atoms with Gasteiger partial charge >= 0.3 is 0 Å². The zero-order chi connectivity index (χ0) is 11.4. The average Bonchev–Trinajstić information content (AvgIpc) is 2.26. The number of rotatable bonds is 10. The Kier molecular flexibility index (Phi) is 10.9. The summed E-state index contributed by atoms with van der Waals surface area (Å²) in [5.41, 5.74) is 0. The molecule has 0 aromatic rings. The SMILES string of the molecule is CN=C([O-])COCCOCCOCCO. The van der Waals surface area contributed by atoms with Gasteiger partial charge in [-0.05, 0) is 5.90 Å². The van der Waals surface area contributed by atoms with Crippen LogP contribution in [0.15, 0.2) is 4.99 Å². The zero-order valence-corrected chi connectivity index (χ0v) is 8.98. The highest BCUT2D eigenvalue weighted by Crippen LogP contribution is 1.81. The third-order valence-electron chi connectivity index (χ3n) is 1.45. The van der Waals surface area contributed by atoms with Gasteiger partial charge in [0.25, 0.3) is 0 Å². The van der Waals surface area contributed by atoms with Gasteiger partial charge in [-0.2, -0.15) is 0 Å². The van der Waals surface area contributed by atoms with Crippen LogP contribution in [0.2, 0.25) is 0 Å². The van der Waals surface area contributed by atoms with E-state index in [0.29, 0.717) is 33.0 Å². The predicted molar refractivity (Wildman–Crippen MR) is 52.9 cm³/mol. The minimum absolute atomic E-state index is 0.000865. The average molecular weight is 220 g/mol. The fraction of sp³-hybridized carbons (Fsp3) is 0.889. The Morgan fingerprint density at radius 1 is 1.07 bits per heavy atom. The summed E-state index contributed by atoms with van der Waals surface area (Å²) >= 11 is 0. The van der Waals surface area contributed by atoms with Gasteiger partial charge in [-0.15, -0.1) is 0 Å². The van der Waals surface area contributed by atoms with Crippen LogP contribution in [0.4, 0.5) is 0 Å². The minimum atomic E-state index is -0.277. The van der Waals surface area contributed by atoms with Crippen LogP contribution in [0.5, 0.6) is 0 Å². The van der Waals surface area contributed by atoms with Gasteiger partial charge in [-0.3, -0.25) is 0 Å². The third-order valence-corrected chi connectivity index (χ3v) is 1.45. The summed E-state index contributed by atoms with van der Waals surface area (Å²) in [6.45, 7) is 2.03. The minimum Gasteiger partial charge on any atom is -0.860 e. The molecule has 0 spiro atoms. The molecule has 0 fully saturated rings. The molecule has 90 valence electrons. The first-order valence-corrected chi connectivity index (χ1v) is 4.78. The van der Waals surface area contributed by atoms with Crippen molar-refractivity contribution in [2.75, 3.05) is 53.3 Å². The van der Waals surface area contributed by atoms with Crippen molar-refractivity contribution >= 4 is 5.90 Å². The summed E-state index contributed by atoms with van der Waals surface area (Å²) in [4.78, 5) is 3.41. The molecule has 0 aliphatic heterocycles. The Hall–Kier alpha value is -0.690. The lowest BCUT2D eigenvalue weighted by Gasteiger charge is -2.10. The van der Waals surface area contributed by atoms with Gasteiger partial charge < -0.3 is 29.4 Å². The standard InChI is InChI=1S/C9H19NO5/c1-10-9(12)8-15-7-6-14-5-4-13-3-2-11/h11H,2-8H2,1H3,(H,10,12)/p-1. The van der Waals surface area contributed by atoms with Gasteiger partial charge in [0.05, 0.1) is 46.2 Å². The molecule has 0 heterocycles. The van der Waals surface area contributed by atoms with Crippen molar-refractivity contribution in [3.63, 3.8) is 0 Å². The Balaban J connectivity index is 2.99. The molecule has 0 rings (SSSR count). The van der Waals surface area contributed by atoms with Crippen molar-refractivity contribution in [3.8, 4) is 0 Å². The first kappa shape index (κ1) is 14.3. The highest BCUT2D eigenvalue weighted by atomic mass is 16.5. The summed E-state index contributed by atoms with van der Waals surface area (Å²) in [7, 11) is 1.43. The number of aliphatic hydroxyl groups is 1. The van der Waals surface area contributed by atoms with E-state index in [2.05, 4.69) is 4.99 Å². The van der Waals surface area contributed by atoms with Crippen molar-refractivity contribution in [1.29, 1.82) is 0 Å². The number of hydrogen-bond donors (Lipinski definition) is 1. The van der Waals surface area contributed by atoms with Gasteiger partial charge in [-0.25, -0.2) is 0 Å². The quantitative estimate of drug-likeness (QED) is 0.273. The lowest BCUT2D eigenvalue weighted by Crippen LogP contribution is -2.24. The lowest BCUT2D eigenvalue weighted by molar-refractivity contribution is -0.223. The molecule has 0 bridgehead atoms. The molecule has 0 aliphatic carbocycles. The molecule has 15 heavy (non-hydrogen) atoms. The number of ether oxygens (including phenoxy) is 3. The fourth-order valence-corrected chi connectivity index (χ4v) is 0.728. The summed E-state index contributed by atoms with van der Waals surface area (Å²) in [6.07, 6.45) is 0. The second-order valence-corrected chi connectivity index (χ2v) is 2.62. The Morgan fingerprint density at radius 3 is 2.13 bits per heavy atom. The van der Waals surface area contributed by atoms with Gasteiger partial charge in [-0.1, -0.05) is 0 Å². The fourth-order valence-electron chi connectivity index (χ4n) is 0.728. The van der Waals surface area contributed by atoms with E-state index in [9.17, 15) is 5.11 Å². The number of aliphatic imine (C=N–C) groups is 1. The highest BCUT2D eigenvalue weighted by Gasteiger charge is 1.90. The van der Waals surface area contributed by atoms with Crippen LogP contribution in [0.3, 0.4) is 0 Å². The van der Waals surface area contributed by atoms with Gasteiger partial charge in [0.1, 0.15) is 0 Å². The van der Waals surface area contributed by atoms with Crippen molar-refractivity contribution in [1.82, 2.24) is 0 Å². The Labute approximate surface area is 89.5 Å². The molecule has 0 aromatic heterocycles. The molecule has 0 atom stereocenters. The smallest absolute Gasteiger partial charge is 0.0744 e. The molecule has 0 saturated heterocycles. The topological polar surface area (TPSA) is 83.3 Å². The van der Waals surface area contributed by atoms with Crippen LogP contribution < -0.4 is 5.11 Å². The van der Waals surface area contributed by atoms with E-state index in [0.717, 1.165) is 0 Å². The Bertz CT molecular complexity index is 163. The number of nitrogens with zero attached hydrogens (tertiary/aromatic N) is 1. The molecule has 0 amide bonds. The lowest BCUT2D eigenvalue weighted by atomic mass is 10.6. The molecule has 0 unspecified atom stereocenters. The van der Waals surface area contributed by atoms with E-state index in [1.807, 2.05) is 0 Å². The summed E-state index contributed by atoms with van der Waals surface area (Å²) < 4.78 is 15.0. The largest absolute Gasteiger partial charge is 0.860 e. The predicted octanol–water partition coefficient (Wildman–Crippen LogP) is -1.58. The molecule has 0 radical (unpaired) electrons. The van der Waals surface area contributed by atoms with Crippen molar-refractivity contribution < 1.29 is 24.4 Å². The third kappa shape index (κ3) is 11.2. The van der Waals surface area contributed by atoms with Crippen molar-refractivity contribution in [2.45, 2.75) is 0 Å². The van der Waals surface area contributed by atoms with Gasteiger partial charge in [0.15, 0.2) is 0 Å². The van der Waals surface area contributed by atoms with Gasteiger partial charge in [0, 0.05) is 7.05 Å². The van der Waals surface area contributed by atoms with Crippen molar-refractivity contribution in [3.05, 3.63) is 0 Å². The van der Waals surface area contributed by atoms with Gasteiger partial charge in [0.2, 0.25) is 0 Å². The summed E-state index contributed by atoms with van der Waals surface area (Å²) in [5.74, 6) is -0.277. The van der Waals surface area contributed by atoms with E-state index in [1.54, 1.807) is 0 Å². The maximum absolute atomic E-state index is 10.6. The maximum atomic E-state index is 10.6. The molecule has 6 heteroatoms.